The number of Topliss-reactive ketones (excluding diaryl/α,β-unsaturated/α-hetero) is 1. The van der Waals surface area contributed by atoms with Crippen LogP contribution in [-0.4, -0.2) is 48.9 Å². The fourth-order valence-corrected chi connectivity index (χ4v) is 7.87. The summed E-state index contributed by atoms with van der Waals surface area (Å²) in [5, 5.41) is 3.01. The summed E-state index contributed by atoms with van der Waals surface area (Å²) in [6, 6.07) is 7.41. The van der Waals surface area contributed by atoms with E-state index in [0.29, 0.717) is 30.6 Å². The van der Waals surface area contributed by atoms with Gasteiger partial charge in [0, 0.05) is 36.9 Å². The van der Waals surface area contributed by atoms with E-state index < -0.39 is 0 Å². The zero-order valence-electron chi connectivity index (χ0n) is 21.3. The van der Waals surface area contributed by atoms with E-state index in [1.54, 1.807) is 0 Å². The predicted molar refractivity (Wildman–Crippen MR) is 134 cm³/mol. The Balaban J connectivity index is 1.26. The second kappa shape index (κ2) is 9.64. The molecule has 0 spiro atoms. The van der Waals surface area contributed by atoms with Crippen molar-refractivity contribution in [2.45, 2.75) is 84.1 Å². The molecule has 0 bridgehead atoms. The number of ketones is 1. The molecule has 1 aromatic carbocycles. The van der Waals surface area contributed by atoms with Crippen LogP contribution in [0.2, 0.25) is 0 Å². The lowest BCUT2D eigenvalue weighted by Crippen LogP contribution is -2.46. The molecule has 5 heteroatoms. The molecule has 1 heterocycles. The van der Waals surface area contributed by atoms with Gasteiger partial charge in [-0.2, -0.15) is 0 Å². The number of carbonyl (C=O) groups excluding carboxylic acids is 2. The van der Waals surface area contributed by atoms with Crippen molar-refractivity contribution >= 4 is 11.7 Å². The first-order valence-corrected chi connectivity index (χ1v) is 13.7. The molecule has 1 N–H and O–H groups in total. The number of carbonyl (C=O) groups is 2. The number of nitrogens with one attached hydrogen (secondary N) is 1. The van der Waals surface area contributed by atoms with Crippen LogP contribution in [0, 0.1) is 23.2 Å². The van der Waals surface area contributed by atoms with E-state index in [1.165, 1.54) is 30.5 Å². The minimum atomic E-state index is -0.329. The molecule has 0 unspecified atom stereocenters. The highest BCUT2D eigenvalue weighted by molar-refractivity contribution is 5.94. The van der Waals surface area contributed by atoms with Crippen molar-refractivity contribution in [2.75, 3.05) is 26.2 Å². The lowest BCUT2D eigenvalue weighted by molar-refractivity contribution is -0.130. The second-order valence-electron chi connectivity index (χ2n) is 11.5. The van der Waals surface area contributed by atoms with Crippen molar-refractivity contribution in [1.82, 2.24) is 10.2 Å². The number of benzene rings is 1. The first kappa shape index (κ1) is 23.8. The third-order valence-corrected chi connectivity index (χ3v) is 9.66. The Morgan fingerprint density at radius 3 is 2.88 bits per heavy atom. The van der Waals surface area contributed by atoms with Crippen LogP contribution < -0.4 is 10.1 Å². The molecule has 34 heavy (non-hydrogen) atoms. The average Bonchev–Trinajstić information content (AvgIpc) is 3.36. The molecule has 186 valence electrons. The number of rotatable bonds is 7. The van der Waals surface area contributed by atoms with Crippen LogP contribution in [0.25, 0.3) is 0 Å². The first-order chi connectivity index (χ1) is 16.4. The van der Waals surface area contributed by atoms with Gasteiger partial charge >= 0.3 is 0 Å². The van der Waals surface area contributed by atoms with Gasteiger partial charge < -0.3 is 15.0 Å². The minimum absolute atomic E-state index is 0.0862. The van der Waals surface area contributed by atoms with Gasteiger partial charge in [0.15, 0.2) is 0 Å². The van der Waals surface area contributed by atoms with Crippen LogP contribution in [0.15, 0.2) is 18.2 Å². The van der Waals surface area contributed by atoms with E-state index in [2.05, 4.69) is 42.3 Å². The van der Waals surface area contributed by atoms with Crippen molar-refractivity contribution < 1.29 is 14.3 Å². The Kier molecular flexibility index (Phi) is 6.76. The lowest BCUT2D eigenvalue weighted by atomic mass is 9.54. The Hall–Kier alpha value is -1.88. The Labute approximate surface area is 205 Å². The molecule has 5 nitrogen and oxygen atoms in total. The lowest BCUT2D eigenvalue weighted by Gasteiger charge is -2.49. The third kappa shape index (κ3) is 4.19. The monoisotopic (exact) mass is 466 g/mol. The first-order valence-electron chi connectivity index (χ1n) is 13.7. The van der Waals surface area contributed by atoms with Gasteiger partial charge in [0.25, 0.3) is 0 Å². The summed E-state index contributed by atoms with van der Waals surface area (Å²) in [6.45, 7) is 10.2. The van der Waals surface area contributed by atoms with Gasteiger partial charge in [0.2, 0.25) is 5.91 Å². The normalized spacial score (nSPS) is 34.9. The molecule has 6 atom stereocenters. The van der Waals surface area contributed by atoms with Crippen molar-refractivity contribution in [2.24, 2.45) is 23.2 Å². The number of likely N-dealkylation sites (tertiary alicyclic amines) is 1. The van der Waals surface area contributed by atoms with Gasteiger partial charge in [-0.1, -0.05) is 13.0 Å². The molecule has 1 aromatic rings. The number of hydrogen-bond donors (Lipinski definition) is 1. The molecule has 0 aromatic heterocycles. The van der Waals surface area contributed by atoms with Crippen LogP contribution in [-0.2, 0) is 16.0 Å². The third-order valence-electron chi connectivity index (χ3n) is 9.66. The van der Waals surface area contributed by atoms with Gasteiger partial charge in [0.1, 0.15) is 11.5 Å². The fraction of sp³-hybridized carbons (Fsp3) is 0.724. The van der Waals surface area contributed by atoms with E-state index in [4.69, 9.17) is 4.74 Å². The van der Waals surface area contributed by atoms with Crippen LogP contribution >= 0.6 is 0 Å². The van der Waals surface area contributed by atoms with Crippen molar-refractivity contribution in [3.63, 3.8) is 0 Å². The number of nitrogens with zero attached hydrogens (tertiary/aromatic N) is 1. The van der Waals surface area contributed by atoms with E-state index in [9.17, 15) is 9.59 Å². The summed E-state index contributed by atoms with van der Waals surface area (Å²) < 4.78 is 6.15. The Bertz CT molecular complexity index is 930. The maximum absolute atomic E-state index is 13.0. The molecule has 1 aliphatic heterocycles. The maximum Gasteiger partial charge on any atom is 0.223 e. The minimum Gasteiger partial charge on any atom is -0.494 e. The Morgan fingerprint density at radius 1 is 1.26 bits per heavy atom. The summed E-state index contributed by atoms with van der Waals surface area (Å²) in [5.74, 6) is 2.27. The van der Waals surface area contributed by atoms with E-state index >= 15 is 0 Å². The highest BCUT2D eigenvalue weighted by atomic mass is 16.5. The standard InChI is InChI=1S/C29H42N2O3/c1-4-30-28(33)25-18-26(32)29(3)13-12-23-22-11-9-21(17-20(22)8-10-24(23)27(25)29)34-16-6-15-31-14-5-7-19(31)2/h9,11,17,19,23-25,27H,4-8,10,12-16,18H2,1-3H3,(H,30,33)/t19-,23-,24-,25+,27-,29-/m1/s1. The molecule has 3 fully saturated rings. The highest BCUT2D eigenvalue weighted by Gasteiger charge is 2.60. The molecular formula is C29H42N2O3. The summed E-state index contributed by atoms with van der Waals surface area (Å²) in [5.41, 5.74) is 2.52. The van der Waals surface area contributed by atoms with Gasteiger partial charge in [-0.15, -0.1) is 0 Å². The van der Waals surface area contributed by atoms with E-state index in [0.717, 1.165) is 57.0 Å². The van der Waals surface area contributed by atoms with Gasteiger partial charge in [0.05, 0.1) is 6.61 Å². The van der Waals surface area contributed by atoms with E-state index in [-0.39, 0.29) is 23.2 Å². The fourth-order valence-electron chi connectivity index (χ4n) is 7.87. The molecule has 1 saturated heterocycles. The van der Waals surface area contributed by atoms with E-state index in [1.807, 2.05) is 6.92 Å². The van der Waals surface area contributed by atoms with Crippen LogP contribution in [0.3, 0.4) is 0 Å². The molecule has 1 amide bonds. The summed E-state index contributed by atoms with van der Waals surface area (Å²) >= 11 is 0. The van der Waals surface area contributed by atoms with Gasteiger partial charge in [-0.3, -0.25) is 9.59 Å². The second-order valence-corrected chi connectivity index (χ2v) is 11.5. The van der Waals surface area contributed by atoms with Crippen LogP contribution in [0.4, 0.5) is 0 Å². The van der Waals surface area contributed by atoms with Gasteiger partial charge in [-0.05, 0) is 106 Å². The zero-order chi connectivity index (χ0) is 23.9. The predicted octanol–water partition coefficient (Wildman–Crippen LogP) is 4.73. The molecule has 2 saturated carbocycles. The number of amides is 1. The number of fused-ring (bicyclic) bond motifs is 5. The quantitative estimate of drug-likeness (QED) is 0.591. The summed E-state index contributed by atoms with van der Waals surface area (Å²) in [7, 11) is 0. The summed E-state index contributed by atoms with van der Waals surface area (Å²) in [4.78, 5) is 28.5. The molecular weight excluding hydrogens is 424 g/mol. The topological polar surface area (TPSA) is 58.6 Å². The highest BCUT2D eigenvalue weighted by Crippen LogP contribution is 2.61. The molecule has 4 aliphatic rings. The van der Waals surface area contributed by atoms with Crippen LogP contribution in [0.1, 0.15) is 82.8 Å². The van der Waals surface area contributed by atoms with Crippen LogP contribution in [0.5, 0.6) is 5.75 Å². The van der Waals surface area contributed by atoms with Gasteiger partial charge in [-0.25, -0.2) is 0 Å². The number of hydrogen-bond acceptors (Lipinski definition) is 4. The Morgan fingerprint density at radius 2 is 2.12 bits per heavy atom. The van der Waals surface area contributed by atoms with Crippen molar-refractivity contribution in [1.29, 1.82) is 0 Å². The zero-order valence-corrected chi connectivity index (χ0v) is 21.3. The maximum atomic E-state index is 13.0. The smallest absolute Gasteiger partial charge is 0.223 e. The molecule has 0 radical (unpaired) electrons. The largest absolute Gasteiger partial charge is 0.494 e. The average molecular weight is 467 g/mol. The summed E-state index contributed by atoms with van der Waals surface area (Å²) in [6.07, 6.45) is 8.18. The number of ether oxygens (including phenoxy) is 1. The SMILES string of the molecule is CCNC(=O)[C@H]1CC(=O)[C@@]2(C)CC[C@@H]3c4ccc(OCCCN5CCC[C@H]5C)cc4CC[C@H]3[C@H]12. The number of aryl methyl sites for hydroxylation is 1. The molecule has 5 rings (SSSR count). The molecule has 3 aliphatic carbocycles. The van der Waals surface area contributed by atoms with Crippen molar-refractivity contribution in [3.8, 4) is 5.75 Å². The van der Waals surface area contributed by atoms with Crippen molar-refractivity contribution in [3.05, 3.63) is 29.3 Å².